The molecule has 0 spiro atoms. The van der Waals surface area contributed by atoms with E-state index in [2.05, 4.69) is 0 Å². The topological polar surface area (TPSA) is 93.1 Å². The number of aliphatic hydroxyl groups excluding tert-OH is 2. The summed E-state index contributed by atoms with van der Waals surface area (Å²) in [7, 11) is 0. The van der Waals surface area contributed by atoms with Crippen molar-refractivity contribution in [3.05, 3.63) is 71.8 Å². The Morgan fingerprint density at radius 3 is 1.42 bits per heavy atom. The van der Waals surface area contributed by atoms with Crippen LogP contribution in [-0.4, -0.2) is 34.4 Å². The number of aliphatic hydroxyl groups is 2. The average Bonchev–Trinajstić information content (AvgIpc) is 2.68. The summed E-state index contributed by atoms with van der Waals surface area (Å²) in [6, 6.07) is 17.4. The van der Waals surface area contributed by atoms with Crippen molar-refractivity contribution in [3.63, 3.8) is 0 Å². The van der Waals surface area contributed by atoms with E-state index >= 15 is 0 Å². The monoisotopic (exact) mass is 734 g/mol. The van der Waals surface area contributed by atoms with Crippen LogP contribution in [0.5, 0.6) is 0 Å². The molecule has 8 heteroatoms. The van der Waals surface area contributed by atoms with Crippen molar-refractivity contribution in [1.82, 2.24) is 0 Å². The van der Waals surface area contributed by atoms with E-state index in [0.717, 1.165) is 0 Å². The Morgan fingerprint density at radius 1 is 0.731 bits per heavy atom. The first-order valence-electron chi connectivity index (χ1n) is 8.38. The summed E-state index contributed by atoms with van der Waals surface area (Å²) in [5, 5.41) is 20.0. The fourth-order valence-electron chi connectivity index (χ4n) is 2.24. The molecule has 6 nitrogen and oxygen atoms in total. The van der Waals surface area contributed by atoms with E-state index in [0.29, 0.717) is 19.0 Å². The van der Waals surface area contributed by atoms with Crippen LogP contribution in [0.4, 0.5) is 0 Å². The molecule has 26 heavy (non-hydrogen) atoms. The molecular weight excluding hydrogens is 713 g/mol. The average molecular weight is 732 g/mol. The third-order valence-electron chi connectivity index (χ3n) is 3.76. The van der Waals surface area contributed by atoms with Crippen molar-refractivity contribution in [2.24, 2.45) is 0 Å². The second kappa shape index (κ2) is 11.8. The molecule has 0 radical (unpaired) electrons. The predicted molar refractivity (Wildman–Crippen MR) is 85.3 cm³/mol. The van der Waals surface area contributed by atoms with Crippen LogP contribution in [0.1, 0.15) is 20.7 Å². The van der Waals surface area contributed by atoms with E-state index in [1.54, 1.807) is 48.5 Å². The first kappa shape index (κ1) is 21.5. The minimum atomic E-state index is -2.07. The van der Waals surface area contributed by atoms with Crippen LogP contribution in [0.15, 0.2) is 60.7 Å². The number of rotatable bonds is 9. The van der Waals surface area contributed by atoms with Crippen LogP contribution in [0, 0.1) is 0 Å². The molecule has 0 aliphatic carbocycles. The second-order valence-corrected chi connectivity index (χ2v) is 15.6. The summed E-state index contributed by atoms with van der Waals surface area (Å²) in [4.78, 5) is 23.6. The predicted octanol–water partition coefficient (Wildman–Crippen LogP) is 2.25. The van der Waals surface area contributed by atoms with Gasteiger partial charge in [0.1, 0.15) is 0 Å². The van der Waals surface area contributed by atoms with Crippen molar-refractivity contribution in [3.8, 4) is 0 Å². The van der Waals surface area contributed by atoms with Gasteiger partial charge < -0.3 is 0 Å². The molecule has 130 valence electrons. The Morgan fingerprint density at radius 2 is 1.08 bits per heavy atom. The van der Waals surface area contributed by atoms with Crippen molar-refractivity contribution in [1.29, 1.82) is 0 Å². The fourth-order valence-corrected chi connectivity index (χ4v) is 10.8. The first-order valence-corrected chi connectivity index (χ1v) is 20.6. The van der Waals surface area contributed by atoms with Crippen LogP contribution in [0.2, 0.25) is 7.86 Å². The molecule has 0 amide bonds. The molecule has 0 bridgehead atoms. The molecule has 0 aliphatic rings. The van der Waals surface area contributed by atoms with Gasteiger partial charge in [-0.2, -0.15) is 0 Å². The number of benzene rings is 2. The molecule has 0 saturated carbocycles. The number of carbonyl (C=O) groups is 2. The maximum absolute atomic E-state index is 11.8. The van der Waals surface area contributed by atoms with Crippen LogP contribution >= 0.6 is 0 Å². The molecule has 2 aromatic rings. The summed E-state index contributed by atoms with van der Waals surface area (Å²) in [5.74, 6) is -0.739. The summed E-state index contributed by atoms with van der Waals surface area (Å²) in [5.41, 5.74) is 0.986. The van der Waals surface area contributed by atoms with Gasteiger partial charge in [-0.05, 0) is 0 Å². The minimum absolute atomic E-state index is 0.347. The Balaban J connectivity index is 1.63. The Kier molecular flexibility index (Phi) is 9.74. The summed E-state index contributed by atoms with van der Waals surface area (Å²) in [6.45, 7) is 0. The van der Waals surface area contributed by atoms with Crippen LogP contribution in [0.3, 0.4) is 0 Å². The summed E-state index contributed by atoms with van der Waals surface area (Å²) >= 11 is -4.15. The molecule has 2 rings (SSSR count). The third kappa shape index (κ3) is 7.42. The molecule has 0 saturated heterocycles. The van der Waals surface area contributed by atoms with Gasteiger partial charge in [0.25, 0.3) is 0 Å². The second-order valence-electron chi connectivity index (χ2n) is 5.72. The molecule has 0 fully saturated rings. The van der Waals surface area contributed by atoms with E-state index < -0.39 is 62.3 Å². The van der Waals surface area contributed by atoms with Crippen molar-refractivity contribution in [2.75, 3.05) is 0 Å². The van der Waals surface area contributed by atoms with E-state index in [-0.39, 0.29) is 11.9 Å². The zero-order valence-corrected chi connectivity index (χ0v) is 25.3. The van der Waals surface area contributed by atoms with Gasteiger partial charge in [0.05, 0.1) is 0 Å². The fraction of sp³-hybridized carbons (Fsp3) is 0.222. The van der Waals surface area contributed by atoms with E-state index in [1.165, 1.54) is 0 Å². The molecule has 0 aromatic heterocycles. The van der Waals surface area contributed by atoms with Gasteiger partial charge in [-0.3, -0.25) is 0 Å². The standard InChI is InChI=1S/2C7H6O2.C4H8O2.2Hg/c2*8-7(9)6-4-2-1-3-5-6;1-3(5)4(2)6;;/h2*1-5H,(H,8,9);3-6H,1-2H2;;/q;;;2*+1/p-2. The molecular formula is C18H18Hg2O6. The zero-order valence-electron chi connectivity index (χ0n) is 14.3. The Hall–Kier alpha value is -0.830. The van der Waals surface area contributed by atoms with Gasteiger partial charge in [0.2, 0.25) is 0 Å². The number of hydrogen-bond donors (Lipinski definition) is 2. The van der Waals surface area contributed by atoms with Crippen molar-refractivity contribution < 1.29 is 75.2 Å². The normalized spacial score (nSPS) is 12.2. The van der Waals surface area contributed by atoms with E-state index in [1.807, 2.05) is 12.1 Å². The van der Waals surface area contributed by atoms with Gasteiger partial charge in [-0.25, -0.2) is 0 Å². The van der Waals surface area contributed by atoms with Gasteiger partial charge in [0, 0.05) is 0 Å². The van der Waals surface area contributed by atoms with E-state index in [9.17, 15) is 19.8 Å². The van der Waals surface area contributed by atoms with Gasteiger partial charge >= 0.3 is 179 Å². The Bertz CT molecular complexity index is 634. The Labute approximate surface area is 177 Å². The quantitative estimate of drug-likeness (QED) is 0.385. The van der Waals surface area contributed by atoms with Crippen molar-refractivity contribution in [2.45, 2.75) is 20.1 Å². The summed E-state index contributed by atoms with van der Waals surface area (Å²) < 4.78 is 11.3. The first-order chi connectivity index (χ1) is 12.6. The summed E-state index contributed by atoms with van der Waals surface area (Å²) in [6.07, 6.45) is -1.84. The van der Waals surface area contributed by atoms with Gasteiger partial charge in [-0.1, -0.05) is 0 Å². The maximum atomic E-state index is 11.8. The molecule has 2 unspecified atom stereocenters. The number of hydrogen-bond acceptors (Lipinski definition) is 6. The van der Waals surface area contributed by atoms with Crippen molar-refractivity contribution >= 4 is 11.9 Å². The zero-order chi connectivity index (χ0) is 18.8. The van der Waals surface area contributed by atoms with Gasteiger partial charge in [0.15, 0.2) is 0 Å². The molecule has 2 atom stereocenters. The van der Waals surface area contributed by atoms with Crippen LogP contribution < -0.4 is 0 Å². The molecule has 2 N–H and O–H groups in total. The van der Waals surface area contributed by atoms with Gasteiger partial charge in [-0.15, -0.1) is 0 Å². The van der Waals surface area contributed by atoms with E-state index in [4.69, 9.17) is 5.29 Å². The molecule has 0 aliphatic heterocycles. The third-order valence-corrected chi connectivity index (χ3v) is 13.8. The van der Waals surface area contributed by atoms with Crippen LogP contribution in [0.25, 0.3) is 0 Å². The number of carbonyl (C=O) groups excluding carboxylic acids is 2. The van der Waals surface area contributed by atoms with Crippen LogP contribution in [-0.2, 0) is 55.4 Å². The molecule has 2 aromatic carbocycles. The SMILES string of the molecule is O=C([O][Hg][CH2]C(O)C(O)[CH2][Hg][O]C(=O)c1ccccc1)c1ccccc1. The molecule has 0 heterocycles.